The van der Waals surface area contributed by atoms with E-state index in [0.717, 1.165) is 18.2 Å². The molecule has 0 spiro atoms. The molecule has 1 heterocycles. The van der Waals surface area contributed by atoms with Crippen molar-refractivity contribution < 1.29 is 36.8 Å². The number of rotatable bonds is 2. The van der Waals surface area contributed by atoms with Gasteiger partial charge < -0.3 is 9.47 Å². The quantitative estimate of drug-likeness (QED) is 0.418. The minimum atomic E-state index is -4.14. The normalized spacial score (nSPS) is 22.1. The third-order valence-corrected chi connectivity index (χ3v) is 7.12. The van der Waals surface area contributed by atoms with Gasteiger partial charge in [-0.3, -0.25) is 15.1 Å². The van der Waals surface area contributed by atoms with Crippen LogP contribution in [0.25, 0.3) is 0 Å². The molecule has 194 valence electrons. The lowest BCUT2D eigenvalue weighted by Crippen LogP contribution is -2.56. The van der Waals surface area contributed by atoms with Crippen LogP contribution < -0.4 is 0 Å². The number of imide groups is 1. The summed E-state index contributed by atoms with van der Waals surface area (Å²) in [5.41, 5.74) is -4.90. The molecule has 11 nitrogen and oxygen atoms in total. The van der Waals surface area contributed by atoms with Crippen LogP contribution in [0.4, 0.5) is 19.7 Å². The zero-order valence-electron chi connectivity index (χ0n) is 20.9. The van der Waals surface area contributed by atoms with E-state index >= 15 is 0 Å². The number of carbonyl (C=O) groups is 2. The largest absolute Gasteiger partial charge is 0.443 e. The first-order valence-corrected chi connectivity index (χ1v) is 12.4. The van der Waals surface area contributed by atoms with Gasteiger partial charge in [-0.15, -0.1) is 0 Å². The maximum Gasteiger partial charge on any atom is 0.425 e. The number of halogens is 1. The maximum absolute atomic E-state index is 14.8. The summed E-state index contributed by atoms with van der Waals surface area (Å²) in [4.78, 5) is 41.3. The second-order valence-electron chi connectivity index (χ2n) is 10.4. The number of amides is 2. The van der Waals surface area contributed by atoms with E-state index in [1.807, 2.05) is 0 Å². The number of amidine groups is 1. The summed E-state index contributed by atoms with van der Waals surface area (Å²) >= 11 is 0. The number of carbonyl (C=O) groups excluding carboxylic acids is 2. The summed E-state index contributed by atoms with van der Waals surface area (Å²) in [7, 11) is -4.14. The second kappa shape index (κ2) is 9.17. The van der Waals surface area contributed by atoms with Crippen LogP contribution in [0.1, 0.15) is 61.0 Å². The van der Waals surface area contributed by atoms with E-state index < -0.39 is 72.0 Å². The van der Waals surface area contributed by atoms with E-state index in [9.17, 15) is 32.5 Å². The van der Waals surface area contributed by atoms with Gasteiger partial charge >= 0.3 is 12.2 Å². The number of aliphatic imine (C=N–C) groups is 1. The van der Waals surface area contributed by atoms with Gasteiger partial charge in [0.05, 0.1) is 10.7 Å². The summed E-state index contributed by atoms with van der Waals surface area (Å²) in [5.74, 6) is -2.21. The molecule has 0 aliphatic carbocycles. The van der Waals surface area contributed by atoms with Crippen LogP contribution in [0.5, 0.6) is 0 Å². The number of hydrogen-bond acceptors (Lipinski definition) is 9. The fraction of sp³-hybridized carbons (Fsp3) is 0.591. The molecule has 1 aromatic rings. The molecule has 0 saturated carbocycles. The van der Waals surface area contributed by atoms with Gasteiger partial charge in [0.1, 0.15) is 33.6 Å². The molecule has 2 atom stereocenters. The molecule has 35 heavy (non-hydrogen) atoms. The molecule has 0 saturated heterocycles. The average molecular weight is 516 g/mol. The Morgan fingerprint density at radius 1 is 1.14 bits per heavy atom. The van der Waals surface area contributed by atoms with Gasteiger partial charge in [0.2, 0.25) is 0 Å². The Kier molecular flexibility index (Phi) is 7.38. The van der Waals surface area contributed by atoms with Crippen molar-refractivity contribution in [3.05, 3.63) is 39.7 Å². The highest BCUT2D eigenvalue weighted by Crippen LogP contribution is 2.37. The molecule has 0 aromatic heterocycles. The number of nitro benzene ring substituents is 1. The van der Waals surface area contributed by atoms with E-state index in [0.29, 0.717) is 4.90 Å². The predicted molar refractivity (Wildman–Crippen MR) is 125 cm³/mol. The molecule has 0 radical (unpaired) electrons. The molecular formula is C22H30FN3O8S. The Labute approximate surface area is 203 Å². The van der Waals surface area contributed by atoms with Crippen LogP contribution in [-0.4, -0.2) is 58.5 Å². The van der Waals surface area contributed by atoms with Crippen molar-refractivity contribution in [2.75, 3.05) is 5.75 Å². The van der Waals surface area contributed by atoms with Crippen LogP contribution >= 0.6 is 0 Å². The van der Waals surface area contributed by atoms with Crippen molar-refractivity contribution in [2.45, 2.75) is 77.4 Å². The van der Waals surface area contributed by atoms with Gasteiger partial charge in [-0.05, 0) is 61.5 Å². The third kappa shape index (κ3) is 6.53. The van der Waals surface area contributed by atoms with Crippen molar-refractivity contribution in [3.63, 3.8) is 0 Å². The minimum absolute atomic E-state index is 0.380. The van der Waals surface area contributed by atoms with Crippen LogP contribution in [0.2, 0.25) is 0 Å². The second-order valence-corrected chi connectivity index (χ2v) is 12.7. The molecule has 1 unspecified atom stereocenters. The number of hydrogen-bond donors (Lipinski definition) is 0. The molecule has 0 fully saturated rings. The van der Waals surface area contributed by atoms with E-state index in [4.69, 9.17) is 9.47 Å². The molecule has 0 bridgehead atoms. The Balaban J connectivity index is 2.80. The summed E-state index contributed by atoms with van der Waals surface area (Å²) < 4.78 is 51.7. The van der Waals surface area contributed by atoms with Crippen molar-refractivity contribution in [1.29, 1.82) is 0 Å². The number of benzene rings is 1. The monoisotopic (exact) mass is 515 g/mol. The Hall–Kier alpha value is -3.09. The Bertz CT molecular complexity index is 1160. The standard InChI is InChI=1S/C22H30FN3O8S/c1-13-17(25(18(27)33-20(2,3)4)19(28)34-21(5,6)7)24-22(8,12-35(13,31)32)15-11-14(26(29)30)9-10-16(15)23/h9-11,13H,12H2,1-8H3/t13?,22-/m0/s1. The van der Waals surface area contributed by atoms with Crippen molar-refractivity contribution >= 4 is 33.5 Å². The van der Waals surface area contributed by atoms with E-state index in [1.165, 1.54) is 13.8 Å². The van der Waals surface area contributed by atoms with Gasteiger partial charge in [-0.1, -0.05) is 0 Å². The van der Waals surface area contributed by atoms with Gasteiger partial charge in [-0.25, -0.2) is 22.4 Å². The lowest BCUT2D eigenvalue weighted by molar-refractivity contribution is -0.385. The number of non-ortho nitro benzene ring substituents is 1. The Morgan fingerprint density at radius 3 is 2.06 bits per heavy atom. The SMILES string of the molecule is CC1C(N(C(=O)OC(C)(C)C)C(=O)OC(C)(C)C)=N[C@](C)(c2cc([N+](=O)[O-])ccc2F)CS1(=O)=O. The minimum Gasteiger partial charge on any atom is -0.443 e. The number of sulfone groups is 1. The molecular weight excluding hydrogens is 485 g/mol. The summed E-state index contributed by atoms with van der Waals surface area (Å²) in [6.45, 7) is 11.7. The summed E-state index contributed by atoms with van der Waals surface area (Å²) in [5, 5.41) is 9.77. The third-order valence-electron chi connectivity index (χ3n) is 4.87. The highest BCUT2D eigenvalue weighted by atomic mass is 32.2. The summed E-state index contributed by atoms with van der Waals surface area (Å²) in [6, 6.07) is 2.64. The van der Waals surface area contributed by atoms with E-state index in [1.54, 1.807) is 41.5 Å². The first kappa shape index (κ1) is 28.1. The Morgan fingerprint density at radius 2 is 1.63 bits per heavy atom. The first-order valence-electron chi connectivity index (χ1n) is 10.7. The van der Waals surface area contributed by atoms with Gasteiger partial charge in [0, 0.05) is 17.7 Å². The van der Waals surface area contributed by atoms with Gasteiger partial charge in [0.15, 0.2) is 9.84 Å². The van der Waals surface area contributed by atoms with Gasteiger partial charge in [-0.2, -0.15) is 4.90 Å². The molecule has 0 N–H and O–H groups in total. The molecule has 1 aliphatic heterocycles. The topological polar surface area (TPSA) is 145 Å². The highest BCUT2D eigenvalue weighted by molar-refractivity contribution is 7.92. The molecule has 1 aliphatic rings. The first-order chi connectivity index (χ1) is 15.7. The zero-order valence-corrected chi connectivity index (χ0v) is 21.7. The average Bonchev–Trinajstić information content (AvgIpc) is 2.62. The summed E-state index contributed by atoms with van der Waals surface area (Å²) in [6.07, 6.45) is -2.48. The zero-order chi connectivity index (χ0) is 27.1. The molecule has 2 rings (SSSR count). The van der Waals surface area contributed by atoms with Crippen molar-refractivity contribution in [1.82, 2.24) is 4.90 Å². The smallest absolute Gasteiger partial charge is 0.425 e. The van der Waals surface area contributed by atoms with Crippen molar-refractivity contribution in [3.8, 4) is 0 Å². The predicted octanol–water partition coefficient (Wildman–Crippen LogP) is 4.34. The van der Waals surface area contributed by atoms with Gasteiger partial charge in [0.25, 0.3) is 5.69 Å². The molecule has 13 heteroatoms. The molecule has 2 amide bonds. The van der Waals surface area contributed by atoms with Crippen LogP contribution in [0, 0.1) is 15.9 Å². The van der Waals surface area contributed by atoms with E-state index in [2.05, 4.69) is 4.99 Å². The molecule has 1 aromatic carbocycles. The van der Waals surface area contributed by atoms with E-state index in [-0.39, 0.29) is 5.56 Å². The van der Waals surface area contributed by atoms with Crippen LogP contribution in [0.3, 0.4) is 0 Å². The number of nitro groups is 1. The van der Waals surface area contributed by atoms with Crippen LogP contribution in [0.15, 0.2) is 23.2 Å². The lowest BCUT2D eigenvalue weighted by Gasteiger charge is -2.37. The fourth-order valence-corrected chi connectivity index (χ4v) is 5.07. The fourth-order valence-electron chi connectivity index (χ4n) is 3.34. The maximum atomic E-state index is 14.8. The highest BCUT2D eigenvalue weighted by Gasteiger charge is 2.49. The number of nitrogens with zero attached hydrogens (tertiary/aromatic N) is 3. The number of ether oxygens (including phenoxy) is 2. The lowest BCUT2D eigenvalue weighted by atomic mass is 9.93. The van der Waals surface area contributed by atoms with Crippen molar-refractivity contribution in [2.24, 2.45) is 4.99 Å². The van der Waals surface area contributed by atoms with Crippen LogP contribution in [-0.2, 0) is 24.8 Å².